The minimum absolute atomic E-state index is 0.122. The zero-order valence-corrected chi connectivity index (χ0v) is 13.9. The lowest BCUT2D eigenvalue weighted by molar-refractivity contribution is -0.151. The van der Waals surface area contributed by atoms with Crippen LogP contribution in [0, 0.1) is 0 Å². The first kappa shape index (κ1) is 16.7. The molecule has 1 N–H and O–H groups in total. The van der Waals surface area contributed by atoms with Gasteiger partial charge in [0.2, 0.25) is 0 Å². The molecule has 0 aromatic heterocycles. The van der Waals surface area contributed by atoms with Crippen molar-refractivity contribution >= 4 is 5.97 Å². The predicted molar refractivity (Wildman–Crippen MR) is 84.4 cm³/mol. The second-order valence-electron chi connectivity index (χ2n) is 6.52. The second-order valence-corrected chi connectivity index (χ2v) is 6.52. The van der Waals surface area contributed by atoms with E-state index in [-0.39, 0.29) is 5.97 Å². The highest BCUT2D eigenvalue weighted by molar-refractivity contribution is 5.80. The highest BCUT2D eigenvalue weighted by Gasteiger charge is 2.38. The lowest BCUT2D eigenvalue weighted by Crippen LogP contribution is -2.60. The average Bonchev–Trinajstić information content (AvgIpc) is 3.31. The van der Waals surface area contributed by atoms with Gasteiger partial charge in [0, 0.05) is 38.8 Å². The van der Waals surface area contributed by atoms with E-state index in [9.17, 15) is 4.79 Å². The van der Waals surface area contributed by atoms with Crippen molar-refractivity contribution in [1.82, 2.24) is 15.1 Å². The molecule has 21 heavy (non-hydrogen) atoms. The first-order valence-corrected chi connectivity index (χ1v) is 8.47. The molecule has 0 radical (unpaired) electrons. The number of piperazine rings is 1. The molecule has 2 rings (SSSR count). The number of esters is 1. The Bertz CT molecular complexity index is 338. The van der Waals surface area contributed by atoms with Gasteiger partial charge in [0.1, 0.15) is 5.54 Å². The maximum atomic E-state index is 12.3. The Morgan fingerprint density at radius 2 is 1.90 bits per heavy atom. The third kappa shape index (κ3) is 4.66. The summed E-state index contributed by atoms with van der Waals surface area (Å²) in [6.07, 6.45) is 3.77. The van der Waals surface area contributed by atoms with Crippen LogP contribution in [-0.4, -0.2) is 73.2 Å². The summed E-state index contributed by atoms with van der Waals surface area (Å²) in [5.74, 6) is -0.122. The molecule has 1 saturated heterocycles. The van der Waals surface area contributed by atoms with Gasteiger partial charge in [-0.05, 0) is 39.7 Å². The second kappa shape index (κ2) is 7.56. The molecule has 2 fully saturated rings. The minimum Gasteiger partial charge on any atom is -0.465 e. The van der Waals surface area contributed by atoms with E-state index in [0.717, 1.165) is 51.7 Å². The fourth-order valence-corrected chi connectivity index (χ4v) is 3.06. The van der Waals surface area contributed by atoms with Crippen molar-refractivity contribution in [3.8, 4) is 0 Å². The van der Waals surface area contributed by atoms with Crippen molar-refractivity contribution < 1.29 is 9.53 Å². The van der Waals surface area contributed by atoms with Crippen LogP contribution in [0.5, 0.6) is 0 Å². The molecule has 0 amide bonds. The largest absolute Gasteiger partial charge is 0.465 e. The summed E-state index contributed by atoms with van der Waals surface area (Å²) in [5, 5.41) is 3.39. The van der Waals surface area contributed by atoms with Crippen molar-refractivity contribution in [2.45, 2.75) is 51.6 Å². The van der Waals surface area contributed by atoms with Crippen molar-refractivity contribution in [2.75, 3.05) is 45.9 Å². The van der Waals surface area contributed by atoms with Gasteiger partial charge in [0.25, 0.3) is 0 Å². The van der Waals surface area contributed by atoms with Crippen molar-refractivity contribution in [3.05, 3.63) is 0 Å². The van der Waals surface area contributed by atoms with Gasteiger partial charge >= 0.3 is 5.97 Å². The quantitative estimate of drug-likeness (QED) is 0.680. The summed E-state index contributed by atoms with van der Waals surface area (Å²) >= 11 is 0. The molecule has 1 aliphatic heterocycles. The minimum atomic E-state index is -0.590. The Balaban J connectivity index is 1.86. The number of nitrogens with zero attached hydrogens (tertiary/aromatic N) is 2. The Morgan fingerprint density at radius 1 is 1.24 bits per heavy atom. The lowest BCUT2D eigenvalue weighted by atomic mass is 10.0. The SMILES string of the molecule is CCCNC(C)(CN1CCN(C2CC2)CC1)C(=O)OCC. The molecule has 1 atom stereocenters. The van der Waals surface area contributed by atoms with E-state index in [4.69, 9.17) is 4.74 Å². The third-order valence-corrected chi connectivity index (χ3v) is 4.50. The van der Waals surface area contributed by atoms with E-state index in [2.05, 4.69) is 22.0 Å². The first-order chi connectivity index (χ1) is 10.1. The zero-order chi connectivity index (χ0) is 15.3. The number of nitrogens with one attached hydrogen (secondary N) is 1. The van der Waals surface area contributed by atoms with Crippen LogP contribution in [0.1, 0.15) is 40.0 Å². The number of hydrogen-bond donors (Lipinski definition) is 1. The monoisotopic (exact) mass is 297 g/mol. The molecule has 0 spiro atoms. The topological polar surface area (TPSA) is 44.8 Å². The fourth-order valence-electron chi connectivity index (χ4n) is 3.06. The highest BCUT2D eigenvalue weighted by Crippen LogP contribution is 2.27. The summed E-state index contributed by atoms with van der Waals surface area (Å²) in [6, 6.07) is 0.849. The predicted octanol–water partition coefficient (Wildman–Crippen LogP) is 1.09. The van der Waals surface area contributed by atoms with E-state index < -0.39 is 5.54 Å². The summed E-state index contributed by atoms with van der Waals surface area (Å²) in [5.41, 5.74) is -0.590. The van der Waals surface area contributed by atoms with Crippen LogP contribution in [-0.2, 0) is 9.53 Å². The summed E-state index contributed by atoms with van der Waals surface area (Å²) in [4.78, 5) is 17.3. The van der Waals surface area contributed by atoms with Crippen molar-refractivity contribution in [2.24, 2.45) is 0 Å². The summed E-state index contributed by atoms with van der Waals surface area (Å²) in [7, 11) is 0. The fraction of sp³-hybridized carbons (Fsp3) is 0.938. The van der Waals surface area contributed by atoms with Crippen molar-refractivity contribution in [3.63, 3.8) is 0 Å². The van der Waals surface area contributed by atoms with E-state index in [1.165, 1.54) is 12.8 Å². The van der Waals surface area contributed by atoms with E-state index >= 15 is 0 Å². The van der Waals surface area contributed by atoms with Gasteiger partial charge in [-0.3, -0.25) is 14.6 Å². The van der Waals surface area contributed by atoms with E-state index in [0.29, 0.717) is 6.61 Å². The number of carbonyl (C=O) groups excluding carboxylic acids is 1. The van der Waals surface area contributed by atoms with Gasteiger partial charge in [-0.15, -0.1) is 0 Å². The van der Waals surface area contributed by atoms with Crippen LogP contribution in [0.15, 0.2) is 0 Å². The first-order valence-electron chi connectivity index (χ1n) is 8.47. The molecule has 2 aliphatic rings. The molecule has 1 unspecified atom stereocenters. The Kier molecular flexibility index (Phi) is 6.02. The van der Waals surface area contributed by atoms with Gasteiger partial charge in [-0.25, -0.2) is 0 Å². The molecule has 0 bridgehead atoms. The average molecular weight is 297 g/mol. The summed E-state index contributed by atoms with van der Waals surface area (Å²) in [6.45, 7) is 12.4. The molecule has 122 valence electrons. The Morgan fingerprint density at radius 3 is 2.43 bits per heavy atom. The van der Waals surface area contributed by atoms with Gasteiger partial charge in [0.15, 0.2) is 0 Å². The lowest BCUT2D eigenvalue weighted by Gasteiger charge is -2.39. The van der Waals surface area contributed by atoms with Crippen LogP contribution in [0.2, 0.25) is 0 Å². The maximum absolute atomic E-state index is 12.3. The summed E-state index contributed by atoms with van der Waals surface area (Å²) < 4.78 is 5.28. The molecule has 0 aromatic carbocycles. The number of hydrogen-bond acceptors (Lipinski definition) is 5. The van der Waals surface area contributed by atoms with Crippen LogP contribution >= 0.6 is 0 Å². The van der Waals surface area contributed by atoms with Crippen LogP contribution in [0.4, 0.5) is 0 Å². The third-order valence-electron chi connectivity index (χ3n) is 4.50. The molecule has 5 nitrogen and oxygen atoms in total. The smallest absolute Gasteiger partial charge is 0.327 e. The normalized spacial score (nSPS) is 23.8. The molecule has 1 saturated carbocycles. The Hall–Kier alpha value is -0.650. The van der Waals surface area contributed by atoms with Crippen molar-refractivity contribution in [1.29, 1.82) is 0 Å². The van der Waals surface area contributed by atoms with Gasteiger partial charge in [-0.2, -0.15) is 0 Å². The zero-order valence-electron chi connectivity index (χ0n) is 13.9. The highest BCUT2D eigenvalue weighted by atomic mass is 16.5. The maximum Gasteiger partial charge on any atom is 0.327 e. The molecule has 1 aliphatic carbocycles. The van der Waals surface area contributed by atoms with Gasteiger partial charge < -0.3 is 10.1 Å². The molecule has 5 heteroatoms. The van der Waals surface area contributed by atoms with E-state index in [1.807, 2.05) is 13.8 Å². The standard InChI is InChI=1S/C16H31N3O2/c1-4-8-17-16(3,15(20)21-5-2)13-18-9-11-19(12-10-18)14-6-7-14/h14,17H,4-13H2,1-3H3. The van der Waals surface area contributed by atoms with Crippen LogP contribution in [0.3, 0.4) is 0 Å². The van der Waals surface area contributed by atoms with Crippen LogP contribution in [0.25, 0.3) is 0 Å². The van der Waals surface area contributed by atoms with Crippen LogP contribution < -0.4 is 5.32 Å². The van der Waals surface area contributed by atoms with Gasteiger partial charge in [0.05, 0.1) is 6.61 Å². The number of ether oxygens (including phenoxy) is 1. The molecule has 1 heterocycles. The molecular formula is C16H31N3O2. The number of rotatable bonds is 8. The molecule has 0 aromatic rings. The molecular weight excluding hydrogens is 266 g/mol. The van der Waals surface area contributed by atoms with E-state index in [1.54, 1.807) is 0 Å². The van der Waals surface area contributed by atoms with Gasteiger partial charge in [-0.1, -0.05) is 6.92 Å². The Labute approximate surface area is 129 Å². The number of carbonyl (C=O) groups is 1.